The van der Waals surface area contributed by atoms with Crippen LogP contribution in [0, 0.1) is 12.3 Å². The topological polar surface area (TPSA) is 72.2 Å². The lowest BCUT2D eigenvalue weighted by atomic mass is 10.1. The predicted molar refractivity (Wildman–Crippen MR) is 73.0 cm³/mol. The molecular formula is C15H19N2O2. The van der Waals surface area contributed by atoms with Gasteiger partial charge < -0.3 is 11.1 Å². The third kappa shape index (κ3) is 3.81. The van der Waals surface area contributed by atoms with Crippen LogP contribution in [0.25, 0.3) is 0 Å². The van der Waals surface area contributed by atoms with Gasteiger partial charge in [-0.15, -0.1) is 0 Å². The van der Waals surface area contributed by atoms with E-state index in [1.54, 1.807) is 6.92 Å². The maximum atomic E-state index is 11.7. The second-order valence-corrected chi connectivity index (χ2v) is 5.11. The van der Waals surface area contributed by atoms with Crippen molar-refractivity contribution >= 4 is 11.8 Å². The van der Waals surface area contributed by atoms with Gasteiger partial charge in [-0.1, -0.05) is 37.3 Å². The maximum absolute atomic E-state index is 11.7. The molecule has 2 rings (SSSR count). The van der Waals surface area contributed by atoms with Crippen molar-refractivity contribution in [1.82, 2.24) is 5.32 Å². The Hall–Kier alpha value is -1.84. The van der Waals surface area contributed by atoms with Crippen molar-refractivity contribution in [3.8, 4) is 0 Å². The predicted octanol–water partition coefficient (Wildman–Crippen LogP) is 1.37. The first kappa shape index (κ1) is 13.6. The molecule has 1 aromatic rings. The Morgan fingerprint density at radius 1 is 1.42 bits per heavy atom. The van der Waals surface area contributed by atoms with Gasteiger partial charge >= 0.3 is 0 Å². The first-order chi connectivity index (χ1) is 9.08. The Bertz CT molecular complexity index is 458. The lowest BCUT2D eigenvalue weighted by Gasteiger charge is -2.07. The Balaban J connectivity index is 1.72. The summed E-state index contributed by atoms with van der Waals surface area (Å²) < 4.78 is 0. The molecule has 0 aliphatic heterocycles. The number of benzene rings is 1. The van der Waals surface area contributed by atoms with E-state index < -0.39 is 0 Å². The number of amides is 2. The normalized spacial score (nSPS) is 22.6. The van der Waals surface area contributed by atoms with E-state index in [1.165, 1.54) is 12.0 Å². The first-order valence-corrected chi connectivity index (χ1v) is 6.56. The highest BCUT2D eigenvalue weighted by Crippen LogP contribution is 2.40. The lowest BCUT2D eigenvalue weighted by Crippen LogP contribution is -2.29. The molecule has 4 heteroatoms. The van der Waals surface area contributed by atoms with Crippen LogP contribution in [-0.2, 0) is 9.59 Å². The Labute approximate surface area is 113 Å². The van der Waals surface area contributed by atoms with Crippen LogP contribution in [0.2, 0.25) is 0 Å². The van der Waals surface area contributed by atoms with Crippen molar-refractivity contribution in [1.29, 1.82) is 0 Å². The van der Waals surface area contributed by atoms with Crippen LogP contribution in [-0.4, -0.2) is 17.9 Å². The minimum absolute atomic E-state index is 0.114. The molecule has 0 saturated heterocycles. The molecule has 19 heavy (non-hydrogen) atoms. The molecule has 2 amide bonds. The number of nitrogens with two attached hydrogens (primary N) is 1. The Morgan fingerprint density at radius 3 is 2.74 bits per heavy atom. The van der Waals surface area contributed by atoms with Gasteiger partial charge in [-0.3, -0.25) is 9.59 Å². The van der Waals surface area contributed by atoms with E-state index in [0.717, 1.165) is 6.42 Å². The number of carbonyl (C=O) groups is 2. The SMILES string of the molecule is C[C@@H](C[CH]C(=O)N[C@H]1C[C@@H]1c1ccccc1)C(N)=O. The third-order valence-electron chi connectivity index (χ3n) is 3.49. The van der Waals surface area contributed by atoms with E-state index in [-0.39, 0.29) is 23.8 Å². The smallest absolute Gasteiger partial charge is 0.224 e. The summed E-state index contributed by atoms with van der Waals surface area (Å²) in [6.45, 7) is 1.72. The molecule has 0 bridgehead atoms. The molecule has 0 spiro atoms. The zero-order chi connectivity index (χ0) is 13.8. The van der Waals surface area contributed by atoms with Crippen molar-refractivity contribution in [2.24, 2.45) is 11.7 Å². The van der Waals surface area contributed by atoms with Crippen molar-refractivity contribution in [2.45, 2.75) is 31.7 Å². The molecule has 0 heterocycles. The van der Waals surface area contributed by atoms with Gasteiger partial charge in [-0.2, -0.15) is 0 Å². The molecular weight excluding hydrogens is 240 g/mol. The fourth-order valence-corrected chi connectivity index (χ4v) is 2.06. The van der Waals surface area contributed by atoms with Crippen molar-refractivity contribution in [2.75, 3.05) is 0 Å². The molecule has 1 radical (unpaired) electrons. The van der Waals surface area contributed by atoms with Gasteiger partial charge in [-0.05, 0) is 18.4 Å². The monoisotopic (exact) mass is 259 g/mol. The minimum atomic E-state index is -0.377. The zero-order valence-corrected chi connectivity index (χ0v) is 11.0. The Kier molecular flexibility index (Phi) is 4.20. The van der Waals surface area contributed by atoms with Gasteiger partial charge in [0.05, 0.1) is 6.42 Å². The van der Waals surface area contributed by atoms with Gasteiger partial charge in [0.25, 0.3) is 0 Å². The van der Waals surface area contributed by atoms with Crippen molar-refractivity contribution in [3.05, 3.63) is 42.3 Å². The standard InChI is InChI=1S/C15H19N2O2/c1-10(15(16)19)7-8-14(18)17-13-9-12(13)11-5-3-2-4-6-11/h2-6,8,10,12-13H,7,9H2,1H3,(H2,16,19)(H,17,18)/t10-,12+,13-/m0/s1. The highest BCUT2D eigenvalue weighted by atomic mass is 16.2. The van der Waals surface area contributed by atoms with E-state index in [0.29, 0.717) is 12.3 Å². The third-order valence-corrected chi connectivity index (χ3v) is 3.49. The maximum Gasteiger partial charge on any atom is 0.224 e. The molecule has 0 aromatic heterocycles. The summed E-state index contributed by atoms with van der Waals surface area (Å²) in [4.78, 5) is 22.5. The number of hydrogen-bond acceptors (Lipinski definition) is 2. The number of rotatable bonds is 6. The van der Waals surface area contributed by atoms with Gasteiger partial charge in [0.2, 0.25) is 11.8 Å². The molecule has 1 fully saturated rings. The lowest BCUT2D eigenvalue weighted by molar-refractivity contribution is -0.121. The summed E-state index contributed by atoms with van der Waals surface area (Å²) in [7, 11) is 0. The van der Waals surface area contributed by atoms with Crippen LogP contribution in [0.4, 0.5) is 0 Å². The van der Waals surface area contributed by atoms with Crippen LogP contribution in [0.3, 0.4) is 0 Å². The number of hydrogen-bond donors (Lipinski definition) is 2. The van der Waals surface area contributed by atoms with E-state index >= 15 is 0 Å². The summed E-state index contributed by atoms with van der Waals surface area (Å²) >= 11 is 0. The number of carbonyl (C=O) groups excluding carboxylic acids is 2. The largest absolute Gasteiger partial charge is 0.369 e. The summed E-state index contributed by atoms with van der Waals surface area (Å²) in [5.74, 6) is -0.365. The number of primary amides is 1. The van der Waals surface area contributed by atoms with Crippen LogP contribution >= 0.6 is 0 Å². The molecule has 1 saturated carbocycles. The highest BCUT2D eigenvalue weighted by Gasteiger charge is 2.39. The van der Waals surface area contributed by atoms with Gasteiger partial charge in [0, 0.05) is 17.9 Å². The second-order valence-electron chi connectivity index (χ2n) is 5.11. The van der Waals surface area contributed by atoms with Crippen LogP contribution in [0.1, 0.15) is 31.2 Å². The van der Waals surface area contributed by atoms with Gasteiger partial charge in [0.1, 0.15) is 0 Å². The van der Waals surface area contributed by atoms with E-state index in [2.05, 4.69) is 17.4 Å². The van der Waals surface area contributed by atoms with Crippen LogP contribution in [0.15, 0.2) is 30.3 Å². The molecule has 4 nitrogen and oxygen atoms in total. The second kappa shape index (κ2) is 5.87. The van der Waals surface area contributed by atoms with E-state index in [1.807, 2.05) is 18.2 Å². The quantitative estimate of drug-likeness (QED) is 0.810. The average Bonchev–Trinajstić information content (AvgIpc) is 3.16. The average molecular weight is 259 g/mol. The summed E-state index contributed by atoms with van der Waals surface area (Å²) in [6, 6.07) is 10.4. The van der Waals surface area contributed by atoms with E-state index in [9.17, 15) is 9.59 Å². The highest BCUT2D eigenvalue weighted by molar-refractivity contribution is 5.86. The molecule has 1 aliphatic rings. The van der Waals surface area contributed by atoms with Crippen LogP contribution in [0.5, 0.6) is 0 Å². The number of nitrogens with one attached hydrogen (secondary N) is 1. The molecule has 1 aromatic carbocycles. The van der Waals surface area contributed by atoms with Crippen molar-refractivity contribution < 1.29 is 9.59 Å². The summed E-state index contributed by atoms with van der Waals surface area (Å²) in [5.41, 5.74) is 6.41. The fraction of sp³-hybridized carbons (Fsp3) is 0.400. The van der Waals surface area contributed by atoms with E-state index in [4.69, 9.17) is 5.73 Å². The molecule has 0 unspecified atom stereocenters. The van der Waals surface area contributed by atoms with Gasteiger partial charge in [0.15, 0.2) is 0 Å². The van der Waals surface area contributed by atoms with Crippen LogP contribution < -0.4 is 11.1 Å². The van der Waals surface area contributed by atoms with Gasteiger partial charge in [-0.25, -0.2) is 0 Å². The molecule has 3 atom stereocenters. The zero-order valence-electron chi connectivity index (χ0n) is 11.0. The molecule has 3 N–H and O–H groups in total. The minimum Gasteiger partial charge on any atom is -0.369 e. The molecule has 101 valence electrons. The molecule has 1 aliphatic carbocycles. The Morgan fingerprint density at radius 2 is 2.11 bits per heavy atom. The summed E-state index contributed by atoms with van der Waals surface area (Å²) in [6.07, 6.45) is 2.88. The first-order valence-electron chi connectivity index (χ1n) is 6.56. The summed E-state index contributed by atoms with van der Waals surface area (Å²) in [5, 5.41) is 2.95. The van der Waals surface area contributed by atoms with Crippen molar-refractivity contribution in [3.63, 3.8) is 0 Å². The fourth-order valence-electron chi connectivity index (χ4n) is 2.06.